The largest absolute Gasteiger partial charge is 0.369 e. The highest BCUT2D eigenvalue weighted by molar-refractivity contribution is 7.89. The van der Waals surface area contributed by atoms with Crippen LogP contribution < -0.4 is 11.1 Å². The van der Waals surface area contributed by atoms with E-state index in [1.54, 1.807) is 26.0 Å². The van der Waals surface area contributed by atoms with Crippen molar-refractivity contribution in [1.82, 2.24) is 9.21 Å². The highest BCUT2D eigenvalue weighted by Crippen LogP contribution is 2.23. The maximum Gasteiger partial charge on any atom is 0.243 e. The van der Waals surface area contributed by atoms with Crippen LogP contribution in [0.5, 0.6) is 0 Å². The maximum atomic E-state index is 12.7. The van der Waals surface area contributed by atoms with Gasteiger partial charge in [0.25, 0.3) is 0 Å². The number of sulfonamides is 1. The molecule has 156 valence electrons. The van der Waals surface area contributed by atoms with E-state index in [1.165, 1.54) is 10.4 Å². The zero-order chi connectivity index (χ0) is 20.9. The molecule has 8 nitrogen and oxygen atoms in total. The van der Waals surface area contributed by atoms with Crippen LogP contribution in [0.25, 0.3) is 0 Å². The Bertz CT molecular complexity index is 813. The number of likely N-dealkylation sites (tertiary alicyclic amines) is 1. The molecule has 0 aliphatic carbocycles. The first kappa shape index (κ1) is 22.3. The number of primary amides is 1. The van der Waals surface area contributed by atoms with Crippen molar-refractivity contribution in [3.63, 3.8) is 0 Å². The molecule has 0 aromatic heterocycles. The monoisotopic (exact) mass is 410 g/mol. The maximum absolute atomic E-state index is 12.7. The number of rotatable bonds is 8. The Morgan fingerprint density at radius 3 is 2.36 bits per heavy atom. The van der Waals surface area contributed by atoms with E-state index in [2.05, 4.69) is 5.32 Å². The summed E-state index contributed by atoms with van der Waals surface area (Å²) in [5, 5.41) is 2.82. The standard InChI is InChI=1S/C19H30N4O4S/c1-4-23(5-2)28(26,27)16-7-6-14(3)17(12-16)21-18(24)13-22-10-8-15(9-11-22)19(20)25/h6-7,12,15H,4-5,8-11,13H2,1-3H3,(H2,20,25)(H,21,24). The Labute approximate surface area is 167 Å². The van der Waals surface area contributed by atoms with Crippen molar-refractivity contribution in [2.24, 2.45) is 11.7 Å². The van der Waals surface area contributed by atoms with Gasteiger partial charge >= 0.3 is 0 Å². The van der Waals surface area contributed by atoms with Gasteiger partial charge in [-0.3, -0.25) is 14.5 Å². The van der Waals surface area contributed by atoms with E-state index in [0.29, 0.717) is 44.7 Å². The predicted octanol–water partition coefficient (Wildman–Crippen LogP) is 1.16. The Hall–Kier alpha value is -1.97. The van der Waals surface area contributed by atoms with Crippen LogP contribution in [0, 0.1) is 12.8 Å². The third kappa shape index (κ3) is 5.30. The van der Waals surface area contributed by atoms with E-state index < -0.39 is 10.0 Å². The van der Waals surface area contributed by atoms with E-state index in [4.69, 9.17) is 5.73 Å². The smallest absolute Gasteiger partial charge is 0.243 e. The minimum absolute atomic E-state index is 0.122. The summed E-state index contributed by atoms with van der Waals surface area (Å²) in [5.41, 5.74) is 6.62. The summed E-state index contributed by atoms with van der Waals surface area (Å²) in [6.45, 7) is 7.64. The Morgan fingerprint density at radius 2 is 1.82 bits per heavy atom. The van der Waals surface area contributed by atoms with E-state index in [-0.39, 0.29) is 29.2 Å². The summed E-state index contributed by atoms with van der Waals surface area (Å²) < 4.78 is 26.8. The number of carbonyl (C=O) groups excluding carboxylic acids is 2. The zero-order valence-electron chi connectivity index (χ0n) is 16.8. The van der Waals surface area contributed by atoms with Gasteiger partial charge in [-0.2, -0.15) is 4.31 Å². The van der Waals surface area contributed by atoms with Gasteiger partial charge in [0.2, 0.25) is 21.8 Å². The lowest BCUT2D eigenvalue weighted by Gasteiger charge is -2.29. The minimum atomic E-state index is -3.59. The van der Waals surface area contributed by atoms with Gasteiger partial charge in [0.05, 0.1) is 11.4 Å². The summed E-state index contributed by atoms with van der Waals surface area (Å²) in [7, 11) is -3.59. The number of nitrogens with one attached hydrogen (secondary N) is 1. The topological polar surface area (TPSA) is 113 Å². The summed E-state index contributed by atoms with van der Waals surface area (Å²) >= 11 is 0. The van der Waals surface area contributed by atoms with Crippen molar-refractivity contribution in [3.05, 3.63) is 23.8 Å². The number of hydrogen-bond acceptors (Lipinski definition) is 5. The molecule has 1 aromatic rings. The summed E-state index contributed by atoms with van der Waals surface area (Å²) in [4.78, 5) is 25.8. The van der Waals surface area contributed by atoms with Gasteiger partial charge in [-0.05, 0) is 50.6 Å². The molecule has 0 atom stereocenters. The first-order chi connectivity index (χ1) is 13.2. The van der Waals surface area contributed by atoms with Gasteiger partial charge < -0.3 is 11.1 Å². The lowest BCUT2D eigenvalue weighted by atomic mass is 9.96. The molecule has 0 spiro atoms. The van der Waals surface area contributed by atoms with Crippen LogP contribution in [0.2, 0.25) is 0 Å². The molecule has 0 radical (unpaired) electrons. The summed E-state index contributed by atoms with van der Waals surface area (Å²) in [6, 6.07) is 4.78. The van der Waals surface area contributed by atoms with E-state index in [9.17, 15) is 18.0 Å². The Morgan fingerprint density at radius 1 is 1.21 bits per heavy atom. The molecule has 1 aromatic carbocycles. The number of aryl methyl sites for hydroxylation is 1. The Balaban J connectivity index is 2.06. The van der Waals surface area contributed by atoms with E-state index >= 15 is 0 Å². The molecule has 0 unspecified atom stereocenters. The predicted molar refractivity (Wildman–Crippen MR) is 108 cm³/mol. The number of hydrogen-bond donors (Lipinski definition) is 2. The average Bonchev–Trinajstić information content (AvgIpc) is 2.64. The van der Waals surface area contributed by atoms with E-state index in [0.717, 1.165) is 5.56 Å². The van der Waals surface area contributed by atoms with Crippen molar-refractivity contribution in [3.8, 4) is 0 Å². The second-order valence-corrected chi connectivity index (χ2v) is 9.00. The number of nitrogens with zero attached hydrogens (tertiary/aromatic N) is 2. The highest BCUT2D eigenvalue weighted by Gasteiger charge is 2.25. The number of anilines is 1. The fourth-order valence-electron chi connectivity index (χ4n) is 3.38. The molecule has 0 saturated carbocycles. The van der Waals surface area contributed by atoms with Crippen molar-refractivity contribution in [2.75, 3.05) is 38.0 Å². The first-order valence-electron chi connectivity index (χ1n) is 9.61. The second kappa shape index (κ2) is 9.49. The minimum Gasteiger partial charge on any atom is -0.369 e. The van der Waals surface area contributed by atoms with Crippen molar-refractivity contribution < 1.29 is 18.0 Å². The third-order valence-corrected chi connectivity index (χ3v) is 7.23. The fourth-order valence-corrected chi connectivity index (χ4v) is 4.86. The van der Waals surface area contributed by atoms with Crippen LogP contribution in [0.4, 0.5) is 5.69 Å². The Kier molecular flexibility index (Phi) is 7.56. The molecule has 1 saturated heterocycles. The van der Waals surface area contributed by atoms with E-state index in [1.807, 2.05) is 11.8 Å². The molecular weight excluding hydrogens is 380 g/mol. The van der Waals surface area contributed by atoms with Crippen LogP contribution >= 0.6 is 0 Å². The number of nitrogens with two attached hydrogens (primary N) is 1. The van der Waals surface area contributed by atoms with Gasteiger partial charge in [0.15, 0.2) is 0 Å². The molecular formula is C19H30N4O4S. The van der Waals surface area contributed by atoms with Gasteiger partial charge in [-0.1, -0.05) is 19.9 Å². The van der Waals surface area contributed by atoms with Crippen molar-refractivity contribution >= 4 is 27.5 Å². The molecule has 3 N–H and O–H groups in total. The van der Waals surface area contributed by atoms with Crippen LogP contribution in [0.1, 0.15) is 32.3 Å². The van der Waals surface area contributed by atoms with Gasteiger partial charge in [-0.25, -0.2) is 8.42 Å². The molecule has 0 bridgehead atoms. The highest BCUT2D eigenvalue weighted by atomic mass is 32.2. The summed E-state index contributed by atoms with van der Waals surface area (Å²) in [5.74, 6) is -0.618. The van der Waals surface area contributed by atoms with Crippen LogP contribution in [-0.2, 0) is 19.6 Å². The SMILES string of the molecule is CCN(CC)S(=O)(=O)c1ccc(C)c(NC(=O)CN2CCC(C(N)=O)CC2)c1. The average molecular weight is 411 g/mol. The molecule has 9 heteroatoms. The lowest BCUT2D eigenvalue weighted by Crippen LogP contribution is -2.42. The van der Waals surface area contributed by atoms with Gasteiger partial charge in [0, 0.05) is 24.7 Å². The van der Waals surface area contributed by atoms with Gasteiger partial charge in [0.1, 0.15) is 0 Å². The molecule has 28 heavy (non-hydrogen) atoms. The van der Waals surface area contributed by atoms with Crippen LogP contribution in [-0.4, -0.2) is 62.2 Å². The molecule has 2 rings (SSSR count). The number of benzene rings is 1. The summed E-state index contributed by atoms with van der Waals surface area (Å²) in [6.07, 6.45) is 1.30. The fraction of sp³-hybridized carbons (Fsp3) is 0.579. The molecule has 1 heterocycles. The second-order valence-electron chi connectivity index (χ2n) is 7.07. The van der Waals surface area contributed by atoms with Crippen molar-refractivity contribution in [1.29, 1.82) is 0 Å². The van der Waals surface area contributed by atoms with Crippen LogP contribution in [0.3, 0.4) is 0 Å². The lowest BCUT2D eigenvalue weighted by molar-refractivity contribution is -0.123. The molecule has 1 fully saturated rings. The number of amides is 2. The zero-order valence-corrected chi connectivity index (χ0v) is 17.6. The number of piperidine rings is 1. The number of carbonyl (C=O) groups is 2. The van der Waals surface area contributed by atoms with Crippen LogP contribution in [0.15, 0.2) is 23.1 Å². The third-order valence-electron chi connectivity index (χ3n) is 5.18. The van der Waals surface area contributed by atoms with Crippen molar-refractivity contribution in [2.45, 2.75) is 38.5 Å². The molecule has 2 amide bonds. The first-order valence-corrected chi connectivity index (χ1v) is 11.0. The molecule has 1 aliphatic rings. The van der Waals surface area contributed by atoms with Gasteiger partial charge in [-0.15, -0.1) is 0 Å². The quantitative estimate of drug-likeness (QED) is 0.668. The normalized spacial score (nSPS) is 16.3. The molecule has 1 aliphatic heterocycles.